The quantitative estimate of drug-likeness (QED) is 0.503. The first kappa shape index (κ1) is 22.1. The van der Waals surface area contributed by atoms with Crippen molar-refractivity contribution in [3.63, 3.8) is 0 Å². The van der Waals surface area contributed by atoms with E-state index >= 15 is 0 Å². The van der Waals surface area contributed by atoms with Crippen molar-refractivity contribution in [1.82, 2.24) is 14.5 Å². The minimum Gasteiger partial charge on any atom is -0.545 e. The van der Waals surface area contributed by atoms with E-state index in [1.165, 1.54) is 23.8 Å². The average Bonchev–Trinajstić information content (AvgIpc) is 2.62. The molecule has 1 aliphatic rings. The number of nitrogens with zero attached hydrogens (tertiary/aromatic N) is 4. The molecular weight excluding hydrogens is 399 g/mol. The standard InChI is InChI=1S/C17H17ClN4O4.K/c1-3-20-9-12(17(25)26)14(24)11-8-13(18)16(19-15(11)20)22-6-4-21(5-7-22)10(2)23;/h3,8-9H,1,4-7H2,2H3,(H,25,26);/q;+1/p-1. The van der Waals surface area contributed by atoms with E-state index in [-0.39, 0.29) is 73.3 Å². The van der Waals surface area contributed by atoms with Gasteiger partial charge in [-0.3, -0.25) is 9.59 Å². The van der Waals surface area contributed by atoms with E-state index in [9.17, 15) is 19.5 Å². The third-order valence-electron chi connectivity index (χ3n) is 4.38. The molecule has 3 heterocycles. The van der Waals surface area contributed by atoms with Crippen LogP contribution in [0.15, 0.2) is 23.6 Å². The normalized spacial score (nSPS) is 14.0. The van der Waals surface area contributed by atoms with Gasteiger partial charge in [0.2, 0.25) is 5.91 Å². The van der Waals surface area contributed by atoms with Gasteiger partial charge < -0.3 is 24.3 Å². The number of aromatic carboxylic acids is 1. The van der Waals surface area contributed by atoms with Gasteiger partial charge in [-0.25, -0.2) is 4.98 Å². The molecule has 0 aromatic carbocycles. The van der Waals surface area contributed by atoms with Crippen LogP contribution in [-0.4, -0.2) is 52.5 Å². The summed E-state index contributed by atoms with van der Waals surface area (Å²) in [7, 11) is 0. The third-order valence-corrected chi connectivity index (χ3v) is 4.66. The van der Waals surface area contributed by atoms with Crippen molar-refractivity contribution in [2.45, 2.75) is 6.92 Å². The van der Waals surface area contributed by atoms with Gasteiger partial charge in [-0.1, -0.05) is 18.2 Å². The number of aromatic nitrogens is 2. The first-order valence-electron chi connectivity index (χ1n) is 7.93. The maximum atomic E-state index is 12.4. The molecule has 3 rings (SSSR count). The molecule has 1 fully saturated rings. The van der Waals surface area contributed by atoms with Gasteiger partial charge in [0.05, 0.1) is 21.9 Å². The molecular formula is C17H16ClKN4O4. The minimum atomic E-state index is -1.58. The second kappa shape index (κ2) is 8.85. The average molecular weight is 415 g/mol. The maximum Gasteiger partial charge on any atom is 1.00 e. The summed E-state index contributed by atoms with van der Waals surface area (Å²) in [6.07, 6.45) is 2.48. The molecule has 0 saturated carbocycles. The summed E-state index contributed by atoms with van der Waals surface area (Å²) in [6, 6.07) is 1.41. The Labute approximate surface area is 202 Å². The van der Waals surface area contributed by atoms with Crippen molar-refractivity contribution in [3.8, 4) is 0 Å². The van der Waals surface area contributed by atoms with E-state index in [0.717, 1.165) is 6.20 Å². The fourth-order valence-electron chi connectivity index (χ4n) is 2.98. The van der Waals surface area contributed by atoms with E-state index in [0.29, 0.717) is 32.0 Å². The van der Waals surface area contributed by atoms with Gasteiger partial charge in [0.1, 0.15) is 11.5 Å². The molecule has 0 bridgehead atoms. The fraction of sp³-hybridized carbons (Fsp3) is 0.294. The second-order valence-corrected chi connectivity index (χ2v) is 6.31. The summed E-state index contributed by atoms with van der Waals surface area (Å²) in [5, 5.41) is 11.5. The summed E-state index contributed by atoms with van der Waals surface area (Å²) in [5.41, 5.74) is -0.943. The number of halogens is 1. The monoisotopic (exact) mass is 414 g/mol. The topological polar surface area (TPSA) is 98.6 Å². The van der Waals surface area contributed by atoms with Crippen molar-refractivity contribution >= 4 is 46.5 Å². The van der Waals surface area contributed by atoms with Crippen LogP contribution in [0.4, 0.5) is 5.82 Å². The van der Waals surface area contributed by atoms with Crippen molar-refractivity contribution in [1.29, 1.82) is 0 Å². The number of carbonyl (C=O) groups is 2. The predicted molar refractivity (Wildman–Crippen MR) is 96.2 cm³/mol. The van der Waals surface area contributed by atoms with Crippen molar-refractivity contribution < 1.29 is 66.1 Å². The summed E-state index contributed by atoms with van der Waals surface area (Å²) in [6.45, 7) is 7.33. The molecule has 2 aromatic rings. The molecule has 0 atom stereocenters. The zero-order valence-corrected chi connectivity index (χ0v) is 18.9. The van der Waals surface area contributed by atoms with Crippen LogP contribution < -0.4 is 66.8 Å². The molecule has 1 amide bonds. The molecule has 0 radical (unpaired) electrons. The zero-order chi connectivity index (χ0) is 19.0. The Morgan fingerprint density at radius 1 is 1.30 bits per heavy atom. The van der Waals surface area contributed by atoms with Gasteiger partial charge in [-0.05, 0) is 6.07 Å². The van der Waals surface area contributed by atoms with Crippen LogP contribution >= 0.6 is 11.6 Å². The van der Waals surface area contributed by atoms with E-state index in [1.54, 1.807) is 4.90 Å². The van der Waals surface area contributed by atoms with Crippen LogP contribution in [0, 0.1) is 0 Å². The minimum absolute atomic E-state index is 0. The van der Waals surface area contributed by atoms with Gasteiger partial charge in [-0.2, -0.15) is 0 Å². The van der Waals surface area contributed by atoms with Gasteiger partial charge in [0, 0.05) is 45.5 Å². The Morgan fingerprint density at radius 3 is 2.44 bits per heavy atom. The largest absolute Gasteiger partial charge is 1.00 e. The molecule has 10 heteroatoms. The van der Waals surface area contributed by atoms with Crippen molar-refractivity contribution in [2.75, 3.05) is 31.1 Å². The summed E-state index contributed by atoms with van der Waals surface area (Å²) in [4.78, 5) is 43.1. The number of fused-ring (bicyclic) bond motifs is 1. The Kier molecular flexibility index (Phi) is 7.23. The molecule has 2 aromatic heterocycles. The van der Waals surface area contributed by atoms with Gasteiger partial charge in [0.15, 0.2) is 5.43 Å². The Morgan fingerprint density at radius 2 is 1.93 bits per heavy atom. The molecule has 27 heavy (non-hydrogen) atoms. The van der Waals surface area contributed by atoms with Crippen LogP contribution in [0.5, 0.6) is 0 Å². The van der Waals surface area contributed by atoms with Crippen LogP contribution in [0.3, 0.4) is 0 Å². The number of carboxylic acids is 1. The van der Waals surface area contributed by atoms with E-state index < -0.39 is 17.0 Å². The van der Waals surface area contributed by atoms with Crippen molar-refractivity contribution in [3.05, 3.63) is 39.7 Å². The molecule has 8 nitrogen and oxygen atoms in total. The van der Waals surface area contributed by atoms with Gasteiger partial charge in [0.25, 0.3) is 0 Å². The Balaban J connectivity index is 0.00000261. The molecule has 0 N–H and O–H groups in total. The van der Waals surface area contributed by atoms with E-state index in [1.807, 2.05) is 4.90 Å². The number of rotatable bonds is 3. The number of carbonyl (C=O) groups excluding carboxylic acids is 2. The van der Waals surface area contributed by atoms with Crippen LogP contribution in [0.2, 0.25) is 5.02 Å². The number of pyridine rings is 2. The Hall–Kier alpha value is -1.23. The predicted octanol–water partition coefficient (Wildman–Crippen LogP) is -2.81. The first-order valence-corrected chi connectivity index (χ1v) is 8.31. The number of anilines is 1. The molecule has 0 aliphatic carbocycles. The van der Waals surface area contributed by atoms with Gasteiger partial charge in [-0.15, -0.1) is 0 Å². The van der Waals surface area contributed by atoms with E-state index in [2.05, 4.69) is 11.6 Å². The molecule has 0 unspecified atom stereocenters. The second-order valence-electron chi connectivity index (χ2n) is 5.91. The summed E-state index contributed by atoms with van der Waals surface area (Å²) >= 11 is 6.31. The van der Waals surface area contributed by atoms with Crippen LogP contribution in [-0.2, 0) is 4.79 Å². The number of hydrogen-bond donors (Lipinski definition) is 0. The van der Waals surface area contributed by atoms with Crippen LogP contribution in [0.1, 0.15) is 17.3 Å². The van der Waals surface area contributed by atoms with Crippen LogP contribution in [0.25, 0.3) is 17.2 Å². The third kappa shape index (κ3) is 4.28. The first-order chi connectivity index (χ1) is 12.3. The SMILES string of the molecule is C=Cn1cc(C(=O)[O-])c(=O)c2cc(Cl)c(N3CCN(C(C)=O)CC3)nc21.[K+]. The maximum absolute atomic E-state index is 12.4. The molecule has 136 valence electrons. The molecule has 1 aliphatic heterocycles. The zero-order valence-electron chi connectivity index (χ0n) is 15.1. The smallest absolute Gasteiger partial charge is 0.545 e. The number of hydrogen-bond acceptors (Lipinski definition) is 6. The van der Waals surface area contributed by atoms with E-state index in [4.69, 9.17) is 11.6 Å². The number of carboxylic acid groups (broad SMARTS) is 1. The molecule has 0 spiro atoms. The van der Waals surface area contributed by atoms with Crippen molar-refractivity contribution in [2.24, 2.45) is 0 Å². The summed E-state index contributed by atoms with van der Waals surface area (Å²) in [5.74, 6) is -1.09. The van der Waals surface area contributed by atoms with Gasteiger partial charge >= 0.3 is 51.4 Å². The Bertz CT molecular complexity index is 983. The summed E-state index contributed by atoms with van der Waals surface area (Å²) < 4.78 is 1.35. The number of piperazine rings is 1. The fourth-order valence-corrected chi connectivity index (χ4v) is 3.25. The molecule has 1 saturated heterocycles. The number of amides is 1.